The molecule has 2 fully saturated rings. The summed E-state index contributed by atoms with van der Waals surface area (Å²) in [6.45, 7) is 6.52. The Kier molecular flexibility index (Phi) is 13.2. The van der Waals surface area contributed by atoms with E-state index in [1.165, 1.54) is 13.1 Å². The minimum absolute atomic E-state index is 0.0402. The molecule has 3 heterocycles. The van der Waals surface area contributed by atoms with Gasteiger partial charge in [-0.25, -0.2) is 0 Å². The third-order valence-electron chi connectivity index (χ3n) is 10.0. The highest BCUT2D eigenvalue weighted by atomic mass is 31.2. The second kappa shape index (κ2) is 16.4. The second-order valence-electron chi connectivity index (χ2n) is 14.3. The fourth-order valence-electron chi connectivity index (χ4n) is 7.67. The van der Waals surface area contributed by atoms with Gasteiger partial charge in [0.15, 0.2) is 5.78 Å². The lowest BCUT2D eigenvalue weighted by atomic mass is 9.51. The van der Waals surface area contributed by atoms with Crippen molar-refractivity contribution < 1.29 is 57.0 Å². The molecule has 4 rings (SSSR count). The van der Waals surface area contributed by atoms with Crippen LogP contribution < -0.4 is 5.32 Å². The van der Waals surface area contributed by atoms with E-state index in [9.17, 15) is 43.3 Å². The standard InChI is InChI=1S/C33H50BN3O11P2/c1-23(2)17-28(19-30(40)32(24(3)38)36-33(41)27-18-26(21-35-22-27)25-9-6-5-7-10-25)34-37(13-15-47-34,14-16-48-34)12-8-11-29(39)20-31(49(4,42)43)50(44,45)46/h5-7,9-10,18,21-24,28,31-32,38H,8,11-17,19-20H2,1-4H3,(H,36,41)(H,42,43)(H2,44,45,46)/t24-,28-,31?,32?,34?,37?/m1/s1. The number of quaternary nitrogens is 1. The monoisotopic (exact) mass is 737 g/mol. The highest BCUT2D eigenvalue weighted by Gasteiger charge is 2.62. The predicted octanol–water partition coefficient (Wildman–Crippen LogP) is 3.56. The Morgan fingerprint density at radius 3 is 2.18 bits per heavy atom. The third-order valence-corrected chi connectivity index (χ3v) is 14.5. The Labute approximate surface area is 293 Å². The topological polar surface area (TPSA) is 210 Å². The van der Waals surface area contributed by atoms with Gasteiger partial charge >= 0.3 is 14.3 Å². The van der Waals surface area contributed by atoms with Gasteiger partial charge in [0.25, 0.3) is 5.91 Å². The van der Waals surface area contributed by atoms with Crippen LogP contribution in [0.25, 0.3) is 11.1 Å². The van der Waals surface area contributed by atoms with Gasteiger partial charge in [-0.3, -0.25) is 28.5 Å². The van der Waals surface area contributed by atoms with Gasteiger partial charge in [-0.1, -0.05) is 50.6 Å². The number of nitrogens with zero attached hydrogens (tertiary/aromatic N) is 2. The number of ketones is 2. The van der Waals surface area contributed by atoms with Crippen molar-refractivity contribution in [1.82, 2.24) is 10.3 Å². The van der Waals surface area contributed by atoms with Gasteiger partial charge in [0, 0.05) is 44.0 Å². The molecule has 2 aliphatic rings. The maximum atomic E-state index is 14.0. The van der Waals surface area contributed by atoms with Crippen molar-refractivity contribution in [2.45, 2.75) is 76.2 Å². The Balaban J connectivity index is 1.49. The molecule has 0 spiro atoms. The predicted molar refractivity (Wildman–Crippen MR) is 188 cm³/mol. The molecule has 2 aliphatic heterocycles. The van der Waals surface area contributed by atoms with Crippen molar-refractivity contribution >= 4 is 39.1 Å². The molecule has 2 aromatic rings. The molecule has 50 heavy (non-hydrogen) atoms. The fraction of sp³-hybridized carbons (Fsp3) is 0.576. The lowest BCUT2D eigenvalue weighted by molar-refractivity contribution is -0.823. The smallest absolute Gasteiger partial charge is 0.476 e. The fourth-order valence-corrected chi connectivity index (χ4v) is 10.9. The first-order valence-electron chi connectivity index (χ1n) is 17.1. The number of hydrogen-bond acceptors (Lipinski definition) is 9. The summed E-state index contributed by atoms with van der Waals surface area (Å²) in [4.78, 5) is 73.4. The highest BCUT2D eigenvalue weighted by molar-refractivity contribution is 7.73. The molecule has 17 heteroatoms. The lowest BCUT2D eigenvalue weighted by Gasteiger charge is -2.51. The van der Waals surface area contributed by atoms with Gasteiger partial charge in [-0.15, -0.1) is 0 Å². The SMILES string of the molecule is CC(C)C[C@H](CC(=O)C(NC(=O)c1cncc(-c2ccccc2)c1)[C@@H](C)O)[B-]12OCC[N+]1(CCCC(=O)CC(P(C)(=O)O)P(=O)(O)O)CCO2. The van der Waals surface area contributed by atoms with Crippen LogP contribution in [0.15, 0.2) is 48.8 Å². The third kappa shape index (κ3) is 9.45. The summed E-state index contributed by atoms with van der Waals surface area (Å²) in [5.74, 6) is -1.73. The minimum atomic E-state index is -4.99. The van der Waals surface area contributed by atoms with Gasteiger partial charge < -0.3 is 38.8 Å². The van der Waals surface area contributed by atoms with E-state index in [1.54, 1.807) is 12.3 Å². The minimum Gasteiger partial charge on any atom is -0.509 e. The molecule has 1 aromatic carbocycles. The molecule has 2 saturated heterocycles. The van der Waals surface area contributed by atoms with Crippen LogP contribution in [0, 0.1) is 5.92 Å². The Bertz CT molecular complexity index is 1580. The first kappa shape index (κ1) is 40.2. The first-order valence-corrected chi connectivity index (χ1v) is 20.9. The van der Waals surface area contributed by atoms with Gasteiger partial charge in [0.05, 0.1) is 38.0 Å². The highest BCUT2D eigenvalue weighted by Crippen LogP contribution is 2.61. The van der Waals surface area contributed by atoms with E-state index in [1.807, 2.05) is 44.2 Å². The zero-order valence-electron chi connectivity index (χ0n) is 29.1. The summed E-state index contributed by atoms with van der Waals surface area (Å²) < 4.78 is 37.2. The number of aliphatic hydroxyl groups excluding tert-OH is 1. The number of aliphatic hydroxyl groups is 1. The number of hydrogen-bond donors (Lipinski definition) is 5. The van der Waals surface area contributed by atoms with Crippen molar-refractivity contribution in [2.24, 2.45) is 5.92 Å². The molecule has 5 atom stereocenters. The zero-order chi connectivity index (χ0) is 36.9. The number of nitrogens with one attached hydrogen (secondary N) is 1. The Hall–Kier alpha value is -2.58. The summed E-state index contributed by atoms with van der Waals surface area (Å²) >= 11 is 0. The van der Waals surface area contributed by atoms with E-state index in [0.717, 1.165) is 17.8 Å². The molecule has 0 radical (unpaired) electrons. The van der Waals surface area contributed by atoms with E-state index in [2.05, 4.69) is 10.3 Å². The number of pyridine rings is 1. The van der Waals surface area contributed by atoms with E-state index in [-0.39, 0.29) is 30.1 Å². The van der Waals surface area contributed by atoms with E-state index in [4.69, 9.17) is 9.31 Å². The summed E-state index contributed by atoms with van der Waals surface area (Å²) in [6, 6.07) is 9.90. The van der Waals surface area contributed by atoms with Crippen LogP contribution in [0.4, 0.5) is 0 Å². The molecular formula is C33H50BN3O11P2. The molecule has 3 unspecified atom stereocenters. The Morgan fingerprint density at radius 1 is 0.980 bits per heavy atom. The number of Topliss-reactive ketones (excluding diaryl/α,β-unsaturated/α-hetero) is 2. The maximum Gasteiger partial charge on any atom is 0.476 e. The number of carbonyl (C=O) groups excluding carboxylic acids is 3. The van der Waals surface area contributed by atoms with Gasteiger partial charge in [-0.2, -0.15) is 0 Å². The molecule has 1 aromatic heterocycles. The maximum absolute atomic E-state index is 14.0. The van der Waals surface area contributed by atoms with Crippen LogP contribution in [0.2, 0.25) is 5.82 Å². The van der Waals surface area contributed by atoms with Crippen LogP contribution in [-0.2, 0) is 28.0 Å². The first-order chi connectivity index (χ1) is 23.4. The van der Waals surface area contributed by atoms with Crippen LogP contribution in [-0.4, -0.2) is 110 Å². The van der Waals surface area contributed by atoms with Gasteiger partial charge in [0.2, 0.25) is 7.37 Å². The molecule has 0 saturated carbocycles. The molecule has 5 N–H and O–H groups in total. The van der Waals surface area contributed by atoms with Crippen LogP contribution >= 0.6 is 15.0 Å². The number of aromatic nitrogens is 1. The summed E-state index contributed by atoms with van der Waals surface area (Å²) in [5.41, 5.74) is 1.84. The second-order valence-corrected chi connectivity index (χ2v) is 19.0. The van der Waals surface area contributed by atoms with Crippen LogP contribution in [0.5, 0.6) is 0 Å². The van der Waals surface area contributed by atoms with Gasteiger partial charge in [-0.05, 0) is 43.1 Å². The molecule has 0 aliphatic carbocycles. The van der Waals surface area contributed by atoms with Crippen LogP contribution in [0.3, 0.4) is 0 Å². The number of rotatable bonds is 18. The summed E-state index contributed by atoms with van der Waals surface area (Å²) in [5, 5.41) is 11.5. The van der Waals surface area contributed by atoms with Crippen molar-refractivity contribution in [3.05, 3.63) is 54.4 Å². The lowest BCUT2D eigenvalue weighted by Crippen LogP contribution is -2.66. The van der Waals surface area contributed by atoms with Crippen molar-refractivity contribution in [3.63, 3.8) is 0 Å². The number of carbonyl (C=O) groups is 3. The normalized spacial score (nSPS) is 24.2. The largest absolute Gasteiger partial charge is 0.509 e. The number of amides is 1. The van der Waals surface area contributed by atoms with Crippen molar-refractivity contribution in [3.8, 4) is 11.1 Å². The Morgan fingerprint density at radius 2 is 1.62 bits per heavy atom. The van der Waals surface area contributed by atoms with E-state index in [0.29, 0.717) is 50.1 Å². The number of fused-ring (bicyclic) bond motifs is 1. The zero-order valence-corrected chi connectivity index (χ0v) is 30.9. The molecular weight excluding hydrogens is 687 g/mol. The van der Waals surface area contributed by atoms with Crippen molar-refractivity contribution in [2.75, 3.05) is 39.5 Å². The molecule has 1 amide bonds. The molecule has 14 nitrogen and oxygen atoms in total. The van der Waals surface area contributed by atoms with Gasteiger partial charge in [0.1, 0.15) is 17.2 Å². The molecule has 276 valence electrons. The number of benzene rings is 1. The van der Waals surface area contributed by atoms with Crippen molar-refractivity contribution in [1.29, 1.82) is 0 Å². The summed E-state index contributed by atoms with van der Waals surface area (Å²) in [6.07, 6.45) is 1.91. The van der Waals surface area contributed by atoms with E-state index >= 15 is 0 Å². The quantitative estimate of drug-likeness (QED) is 0.110. The van der Waals surface area contributed by atoms with Crippen LogP contribution in [0.1, 0.15) is 63.2 Å². The summed E-state index contributed by atoms with van der Waals surface area (Å²) in [7, 11) is -9.22. The molecule has 0 bridgehead atoms. The average Bonchev–Trinajstić information content (AvgIpc) is 3.57. The average molecular weight is 738 g/mol. The van der Waals surface area contributed by atoms with E-state index < -0.39 is 63.1 Å².